The SMILES string of the molecule is C[C@@H]1CNCc2cnc(-c3ccccn3)nc21. The summed E-state index contributed by atoms with van der Waals surface area (Å²) in [5.74, 6) is 1.15. The van der Waals surface area contributed by atoms with Gasteiger partial charge in [0.2, 0.25) is 0 Å². The van der Waals surface area contributed by atoms with E-state index in [0.717, 1.165) is 30.3 Å². The molecule has 2 aromatic heterocycles. The number of hydrogen-bond acceptors (Lipinski definition) is 4. The van der Waals surface area contributed by atoms with Gasteiger partial charge in [0.15, 0.2) is 5.82 Å². The quantitative estimate of drug-likeness (QED) is 0.804. The van der Waals surface area contributed by atoms with E-state index in [2.05, 4.69) is 27.2 Å². The zero-order chi connectivity index (χ0) is 11.7. The van der Waals surface area contributed by atoms with E-state index >= 15 is 0 Å². The highest BCUT2D eigenvalue weighted by Crippen LogP contribution is 2.23. The largest absolute Gasteiger partial charge is 0.312 e. The van der Waals surface area contributed by atoms with E-state index in [1.807, 2.05) is 24.4 Å². The molecule has 1 atom stereocenters. The van der Waals surface area contributed by atoms with Gasteiger partial charge in [-0.1, -0.05) is 13.0 Å². The van der Waals surface area contributed by atoms with Gasteiger partial charge in [0.1, 0.15) is 5.69 Å². The van der Waals surface area contributed by atoms with Crippen LogP contribution in [0.3, 0.4) is 0 Å². The van der Waals surface area contributed by atoms with Crippen molar-refractivity contribution in [1.82, 2.24) is 20.3 Å². The number of rotatable bonds is 1. The lowest BCUT2D eigenvalue weighted by atomic mass is 9.99. The molecule has 0 spiro atoms. The Hall–Kier alpha value is -1.81. The predicted octanol–water partition coefficient (Wildman–Crippen LogP) is 1.75. The molecule has 86 valence electrons. The van der Waals surface area contributed by atoms with Crippen molar-refractivity contribution in [2.75, 3.05) is 6.54 Å². The second kappa shape index (κ2) is 4.22. The Morgan fingerprint density at radius 1 is 1.29 bits per heavy atom. The Morgan fingerprint density at radius 2 is 2.24 bits per heavy atom. The number of nitrogens with zero attached hydrogens (tertiary/aromatic N) is 3. The predicted molar refractivity (Wildman–Crippen MR) is 65.4 cm³/mol. The molecular weight excluding hydrogens is 212 g/mol. The zero-order valence-corrected chi connectivity index (χ0v) is 9.72. The van der Waals surface area contributed by atoms with E-state index in [9.17, 15) is 0 Å². The van der Waals surface area contributed by atoms with E-state index in [0.29, 0.717) is 5.92 Å². The van der Waals surface area contributed by atoms with Crippen molar-refractivity contribution in [3.05, 3.63) is 41.9 Å². The summed E-state index contributed by atoms with van der Waals surface area (Å²) in [5.41, 5.74) is 3.18. The number of hydrogen-bond donors (Lipinski definition) is 1. The third kappa shape index (κ3) is 1.91. The minimum atomic E-state index is 0.434. The second-order valence-electron chi connectivity index (χ2n) is 4.35. The molecule has 0 saturated heterocycles. The number of nitrogens with one attached hydrogen (secondary N) is 1. The van der Waals surface area contributed by atoms with Gasteiger partial charge >= 0.3 is 0 Å². The zero-order valence-electron chi connectivity index (χ0n) is 9.72. The molecule has 0 aliphatic carbocycles. The minimum Gasteiger partial charge on any atom is -0.312 e. The fourth-order valence-corrected chi connectivity index (χ4v) is 2.12. The molecule has 3 rings (SSSR count). The molecule has 0 unspecified atom stereocenters. The summed E-state index contributed by atoms with van der Waals surface area (Å²) in [7, 11) is 0. The fraction of sp³-hybridized carbons (Fsp3) is 0.308. The first kappa shape index (κ1) is 10.4. The van der Waals surface area contributed by atoms with E-state index in [1.54, 1.807) is 6.20 Å². The van der Waals surface area contributed by atoms with Crippen molar-refractivity contribution >= 4 is 0 Å². The van der Waals surface area contributed by atoms with Gasteiger partial charge in [-0.2, -0.15) is 0 Å². The van der Waals surface area contributed by atoms with Crippen LogP contribution in [0.15, 0.2) is 30.6 Å². The molecule has 3 heterocycles. The Bertz CT molecular complexity index is 524. The topological polar surface area (TPSA) is 50.7 Å². The summed E-state index contributed by atoms with van der Waals surface area (Å²) < 4.78 is 0. The Kier molecular flexibility index (Phi) is 2.57. The Balaban J connectivity index is 2.06. The molecule has 1 aliphatic rings. The van der Waals surface area contributed by atoms with Crippen molar-refractivity contribution in [3.8, 4) is 11.5 Å². The van der Waals surface area contributed by atoms with Crippen molar-refractivity contribution in [2.45, 2.75) is 19.4 Å². The monoisotopic (exact) mass is 226 g/mol. The second-order valence-corrected chi connectivity index (χ2v) is 4.35. The third-order valence-corrected chi connectivity index (χ3v) is 3.02. The molecule has 0 saturated carbocycles. The Morgan fingerprint density at radius 3 is 3.06 bits per heavy atom. The van der Waals surface area contributed by atoms with Crippen LogP contribution in [0.5, 0.6) is 0 Å². The van der Waals surface area contributed by atoms with Crippen LogP contribution >= 0.6 is 0 Å². The summed E-state index contributed by atoms with van der Waals surface area (Å²) >= 11 is 0. The fourth-order valence-electron chi connectivity index (χ4n) is 2.12. The maximum atomic E-state index is 4.65. The summed E-state index contributed by atoms with van der Waals surface area (Å²) in [6.45, 7) is 4.02. The summed E-state index contributed by atoms with van der Waals surface area (Å²) in [6.07, 6.45) is 3.68. The standard InChI is InChI=1S/C13H14N4/c1-9-6-14-7-10-8-16-13(17-12(9)10)11-4-2-3-5-15-11/h2-5,8-9,14H,6-7H2,1H3/t9-/m1/s1. The number of pyridine rings is 1. The highest BCUT2D eigenvalue weighted by atomic mass is 15.0. The van der Waals surface area contributed by atoms with E-state index in [1.165, 1.54) is 5.56 Å². The molecule has 1 aliphatic heterocycles. The van der Waals surface area contributed by atoms with Crippen LogP contribution in [0.1, 0.15) is 24.1 Å². The highest BCUT2D eigenvalue weighted by Gasteiger charge is 2.18. The van der Waals surface area contributed by atoms with Gasteiger partial charge in [0, 0.05) is 37.0 Å². The molecule has 0 radical (unpaired) electrons. The molecule has 0 amide bonds. The van der Waals surface area contributed by atoms with Crippen LogP contribution in [0, 0.1) is 0 Å². The average molecular weight is 226 g/mol. The average Bonchev–Trinajstić information content (AvgIpc) is 2.40. The Labute approximate surface area is 100 Å². The molecule has 0 aromatic carbocycles. The van der Waals surface area contributed by atoms with Gasteiger partial charge in [0.25, 0.3) is 0 Å². The van der Waals surface area contributed by atoms with Gasteiger partial charge in [-0.05, 0) is 12.1 Å². The number of aromatic nitrogens is 3. The summed E-state index contributed by atoms with van der Waals surface area (Å²) in [5, 5.41) is 3.35. The molecular formula is C13H14N4. The first-order valence-electron chi connectivity index (χ1n) is 5.82. The highest BCUT2D eigenvalue weighted by molar-refractivity contribution is 5.49. The molecule has 0 bridgehead atoms. The summed E-state index contributed by atoms with van der Waals surface area (Å²) in [6, 6.07) is 5.79. The molecule has 17 heavy (non-hydrogen) atoms. The van der Waals surface area contributed by atoms with E-state index in [-0.39, 0.29) is 0 Å². The molecule has 0 fully saturated rings. The lowest BCUT2D eigenvalue weighted by Gasteiger charge is -2.22. The normalized spacial score (nSPS) is 18.8. The van der Waals surface area contributed by atoms with E-state index < -0.39 is 0 Å². The number of fused-ring (bicyclic) bond motifs is 1. The van der Waals surface area contributed by atoms with Crippen LogP contribution in [0.4, 0.5) is 0 Å². The lowest BCUT2D eigenvalue weighted by Crippen LogP contribution is -2.28. The van der Waals surface area contributed by atoms with Gasteiger partial charge in [-0.25, -0.2) is 9.97 Å². The van der Waals surface area contributed by atoms with Crippen LogP contribution in [-0.2, 0) is 6.54 Å². The van der Waals surface area contributed by atoms with Gasteiger partial charge in [-0.15, -0.1) is 0 Å². The van der Waals surface area contributed by atoms with Crippen LogP contribution in [0.2, 0.25) is 0 Å². The van der Waals surface area contributed by atoms with Crippen molar-refractivity contribution in [2.24, 2.45) is 0 Å². The smallest absolute Gasteiger partial charge is 0.178 e. The van der Waals surface area contributed by atoms with Crippen molar-refractivity contribution < 1.29 is 0 Å². The summed E-state index contributed by atoms with van der Waals surface area (Å²) in [4.78, 5) is 13.3. The molecule has 2 aromatic rings. The van der Waals surface area contributed by atoms with Crippen molar-refractivity contribution in [1.29, 1.82) is 0 Å². The minimum absolute atomic E-state index is 0.434. The maximum absolute atomic E-state index is 4.65. The van der Waals surface area contributed by atoms with Gasteiger partial charge in [-0.3, -0.25) is 4.98 Å². The van der Waals surface area contributed by atoms with Gasteiger partial charge in [0.05, 0.1) is 5.69 Å². The van der Waals surface area contributed by atoms with Gasteiger partial charge < -0.3 is 5.32 Å². The third-order valence-electron chi connectivity index (χ3n) is 3.02. The van der Waals surface area contributed by atoms with E-state index in [4.69, 9.17) is 0 Å². The lowest BCUT2D eigenvalue weighted by molar-refractivity contribution is 0.554. The molecule has 1 N–H and O–H groups in total. The van der Waals surface area contributed by atoms with Crippen molar-refractivity contribution in [3.63, 3.8) is 0 Å². The van der Waals surface area contributed by atoms with Crippen LogP contribution in [-0.4, -0.2) is 21.5 Å². The van der Waals surface area contributed by atoms with Crippen LogP contribution < -0.4 is 5.32 Å². The first-order valence-corrected chi connectivity index (χ1v) is 5.82. The van der Waals surface area contributed by atoms with Crippen LogP contribution in [0.25, 0.3) is 11.5 Å². The maximum Gasteiger partial charge on any atom is 0.178 e. The molecule has 4 heteroatoms. The molecule has 4 nitrogen and oxygen atoms in total. The first-order chi connectivity index (χ1) is 8.34.